The maximum absolute atomic E-state index is 13.8. The van der Waals surface area contributed by atoms with Gasteiger partial charge in [0.1, 0.15) is 6.10 Å². The average molecular weight is 356 g/mol. The molecule has 0 bridgehead atoms. The van der Waals surface area contributed by atoms with Gasteiger partial charge < -0.3 is 14.4 Å². The van der Waals surface area contributed by atoms with Crippen LogP contribution >= 0.6 is 0 Å². The Hall–Kier alpha value is -2.47. The molecule has 6 heteroatoms. The first-order chi connectivity index (χ1) is 12.7. The number of aromatic nitrogens is 1. The minimum Gasteiger partial charge on any atom is -0.470 e. The number of hydrogen-bond donors (Lipinski definition) is 0. The number of rotatable bonds is 3. The number of hydrogen-bond acceptors (Lipinski definition) is 4. The molecule has 2 atom stereocenters. The van der Waals surface area contributed by atoms with Gasteiger partial charge in [0.15, 0.2) is 5.82 Å². The molecule has 136 valence electrons. The Balaban J connectivity index is 1.43. The Morgan fingerprint density at radius 2 is 2.12 bits per heavy atom. The summed E-state index contributed by atoms with van der Waals surface area (Å²) in [6.07, 6.45) is 3.62. The van der Waals surface area contributed by atoms with E-state index in [-0.39, 0.29) is 17.9 Å². The van der Waals surface area contributed by atoms with Gasteiger partial charge in [-0.15, -0.1) is 0 Å². The van der Waals surface area contributed by atoms with Crippen molar-refractivity contribution in [2.75, 3.05) is 19.7 Å². The lowest BCUT2D eigenvalue weighted by Crippen LogP contribution is -2.50. The molecule has 1 spiro atoms. The van der Waals surface area contributed by atoms with E-state index in [0.717, 1.165) is 19.4 Å². The van der Waals surface area contributed by atoms with Crippen molar-refractivity contribution in [3.63, 3.8) is 0 Å². The molecule has 2 fully saturated rings. The van der Waals surface area contributed by atoms with Crippen molar-refractivity contribution in [3.8, 4) is 5.88 Å². The Kier molecular flexibility index (Phi) is 4.59. The normalized spacial score (nSPS) is 25.4. The van der Waals surface area contributed by atoms with Crippen LogP contribution in [0.3, 0.4) is 0 Å². The highest BCUT2D eigenvalue weighted by Crippen LogP contribution is 2.36. The van der Waals surface area contributed by atoms with Crippen molar-refractivity contribution >= 4 is 5.91 Å². The van der Waals surface area contributed by atoms with Crippen molar-refractivity contribution in [3.05, 3.63) is 60.0 Å². The largest absolute Gasteiger partial charge is 0.470 e. The van der Waals surface area contributed by atoms with E-state index < -0.39 is 11.4 Å². The molecule has 1 aromatic heterocycles. The minimum absolute atomic E-state index is 0.00572. The maximum atomic E-state index is 13.8. The first-order valence-corrected chi connectivity index (χ1v) is 8.91. The number of benzene rings is 1. The molecule has 2 aliphatic rings. The highest BCUT2D eigenvalue weighted by Gasteiger charge is 2.45. The number of likely N-dealkylation sites (tertiary alicyclic amines) is 1. The molecule has 26 heavy (non-hydrogen) atoms. The molecule has 0 unspecified atom stereocenters. The van der Waals surface area contributed by atoms with E-state index in [1.807, 2.05) is 35.2 Å². The van der Waals surface area contributed by atoms with Crippen molar-refractivity contribution in [2.45, 2.75) is 31.0 Å². The quantitative estimate of drug-likeness (QED) is 0.848. The zero-order valence-electron chi connectivity index (χ0n) is 14.4. The summed E-state index contributed by atoms with van der Waals surface area (Å²) in [5.74, 6) is -0.447. The molecular formula is C20H21FN2O3. The summed E-state index contributed by atoms with van der Waals surface area (Å²) in [4.78, 5) is 18.5. The van der Waals surface area contributed by atoms with Gasteiger partial charge in [-0.1, -0.05) is 18.2 Å². The predicted molar refractivity (Wildman–Crippen MR) is 93.5 cm³/mol. The third-order valence-electron chi connectivity index (χ3n) is 5.03. The summed E-state index contributed by atoms with van der Waals surface area (Å²) in [7, 11) is 0. The second-order valence-electron chi connectivity index (χ2n) is 6.92. The summed E-state index contributed by atoms with van der Waals surface area (Å²) < 4.78 is 25.5. The molecule has 2 saturated heterocycles. The fourth-order valence-electron chi connectivity index (χ4n) is 3.81. The van der Waals surface area contributed by atoms with Gasteiger partial charge in [-0.3, -0.25) is 4.79 Å². The predicted octanol–water partition coefficient (Wildman–Crippen LogP) is 3.06. The van der Waals surface area contributed by atoms with Crippen molar-refractivity contribution in [1.82, 2.24) is 9.88 Å². The van der Waals surface area contributed by atoms with E-state index in [2.05, 4.69) is 4.98 Å². The Bertz CT molecular complexity index is 786. The molecule has 1 amide bonds. The summed E-state index contributed by atoms with van der Waals surface area (Å²) in [6, 6.07) is 12.1. The zero-order chi connectivity index (χ0) is 18.0. The van der Waals surface area contributed by atoms with Crippen LogP contribution in [0.5, 0.6) is 5.88 Å². The highest BCUT2D eigenvalue weighted by molar-refractivity contribution is 5.94. The van der Waals surface area contributed by atoms with Crippen molar-refractivity contribution in [2.24, 2.45) is 0 Å². The molecule has 3 heterocycles. The number of piperidine rings is 1. The summed E-state index contributed by atoms with van der Waals surface area (Å²) >= 11 is 0. The minimum atomic E-state index is -0.474. The molecule has 2 aromatic rings. The lowest BCUT2D eigenvalue weighted by molar-refractivity contribution is -0.0453. The van der Waals surface area contributed by atoms with E-state index in [1.54, 1.807) is 0 Å². The SMILES string of the molecule is O=C(c1ccccc1)N1CCC[C@]2(C[C@@H](Oc3ncccc3F)CO2)C1. The van der Waals surface area contributed by atoms with Gasteiger partial charge in [0, 0.05) is 24.7 Å². The maximum Gasteiger partial charge on any atom is 0.253 e. The van der Waals surface area contributed by atoms with Gasteiger partial charge in [0.25, 0.3) is 11.8 Å². The first-order valence-electron chi connectivity index (χ1n) is 8.91. The zero-order valence-corrected chi connectivity index (χ0v) is 14.4. The molecule has 0 N–H and O–H groups in total. The lowest BCUT2D eigenvalue weighted by atomic mass is 9.89. The van der Waals surface area contributed by atoms with E-state index in [4.69, 9.17) is 9.47 Å². The Morgan fingerprint density at radius 1 is 1.27 bits per heavy atom. The fourth-order valence-corrected chi connectivity index (χ4v) is 3.81. The number of ether oxygens (including phenoxy) is 2. The van der Waals surface area contributed by atoms with E-state index in [0.29, 0.717) is 25.1 Å². The lowest BCUT2D eigenvalue weighted by Gasteiger charge is -2.39. The second kappa shape index (κ2) is 7.03. The van der Waals surface area contributed by atoms with Crippen LogP contribution in [0.4, 0.5) is 4.39 Å². The van der Waals surface area contributed by atoms with E-state index >= 15 is 0 Å². The molecule has 2 aliphatic heterocycles. The first kappa shape index (κ1) is 17.0. The Labute approximate surface area is 151 Å². The Morgan fingerprint density at radius 3 is 2.92 bits per heavy atom. The van der Waals surface area contributed by atoms with Crippen molar-refractivity contribution < 1.29 is 18.7 Å². The smallest absolute Gasteiger partial charge is 0.253 e. The third kappa shape index (κ3) is 3.42. The van der Waals surface area contributed by atoms with Crippen LogP contribution < -0.4 is 4.74 Å². The topological polar surface area (TPSA) is 51.7 Å². The highest BCUT2D eigenvalue weighted by atomic mass is 19.1. The number of pyridine rings is 1. The molecule has 5 nitrogen and oxygen atoms in total. The second-order valence-corrected chi connectivity index (χ2v) is 6.92. The average Bonchev–Trinajstić information content (AvgIpc) is 3.05. The molecule has 1 aromatic carbocycles. The number of amides is 1. The molecular weight excluding hydrogens is 335 g/mol. The van der Waals surface area contributed by atoms with Gasteiger partial charge in [0.05, 0.1) is 18.8 Å². The monoisotopic (exact) mass is 356 g/mol. The molecule has 4 rings (SSSR count). The van der Waals surface area contributed by atoms with Crippen LogP contribution in [-0.4, -0.2) is 47.2 Å². The van der Waals surface area contributed by atoms with Crippen LogP contribution in [0, 0.1) is 5.82 Å². The van der Waals surface area contributed by atoms with Gasteiger partial charge in [-0.05, 0) is 37.1 Å². The van der Waals surface area contributed by atoms with Crippen LogP contribution in [0.25, 0.3) is 0 Å². The summed E-state index contributed by atoms with van der Waals surface area (Å²) in [6.45, 7) is 1.63. The van der Waals surface area contributed by atoms with Gasteiger partial charge in [0.2, 0.25) is 0 Å². The number of carbonyl (C=O) groups excluding carboxylic acids is 1. The fraction of sp³-hybridized carbons (Fsp3) is 0.400. The standard InChI is InChI=1S/C20H21FN2O3/c21-17-8-4-10-22-18(17)26-16-12-20(25-13-16)9-5-11-23(14-20)19(24)15-6-2-1-3-7-15/h1-4,6-8,10,16H,5,9,11-14H2/t16-,20+/m1/s1. The molecule has 0 saturated carbocycles. The van der Waals surface area contributed by atoms with E-state index in [9.17, 15) is 9.18 Å². The number of carbonyl (C=O) groups is 1. The molecule has 0 aliphatic carbocycles. The number of nitrogens with zero attached hydrogens (tertiary/aromatic N) is 2. The van der Waals surface area contributed by atoms with Crippen LogP contribution in [0.1, 0.15) is 29.6 Å². The van der Waals surface area contributed by atoms with Gasteiger partial charge in [-0.25, -0.2) is 9.37 Å². The van der Waals surface area contributed by atoms with Gasteiger partial charge in [-0.2, -0.15) is 0 Å². The van der Waals surface area contributed by atoms with Crippen LogP contribution in [0.2, 0.25) is 0 Å². The van der Waals surface area contributed by atoms with E-state index in [1.165, 1.54) is 18.3 Å². The summed E-state index contributed by atoms with van der Waals surface area (Å²) in [5.41, 5.74) is 0.268. The number of halogens is 1. The van der Waals surface area contributed by atoms with Crippen molar-refractivity contribution in [1.29, 1.82) is 0 Å². The third-order valence-corrected chi connectivity index (χ3v) is 5.03. The molecule has 0 radical (unpaired) electrons. The van der Waals surface area contributed by atoms with Crippen LogP contribution in [0.15, 0.2) is 48.7 Å². The van der Waals surface area contributed by atoms with Crippen LogP contribution in [-0.2, 0) is 4.74 Å². The summed E-state index contributed by atoms with van der Waals surface area (Å²) in [5, 5.41) is 0. The van der Waals surface area contributed by atoms with Gasteiger partial charge >= 0.3 is 0 Å².